The monoisotopic (exact) mass is 234 g/mol. The molecule has 2 nitrogen and oxygen atoms in total. The summed E-state index contributed by atoms with van der Waals surface area (Å²) in [6.07, 6.45) is 2.59. The van der Waals surface area contributed by atoms with E-state index in [2.05, 4.69) is 24.0 Å². The maximum absolute atomic E-state index is 5.58. The number of hydrogen-bond donors (Lipinski definition) is 1. The van der Waals surface area contributed by atoms with Crippen LogP contribution in [0.1, 0.15) is 25.3 Å². The van der Waals surface area contributed by atoms with Crippen molar-refractivity contribution in [2.24, 2.45) is 11.7 Å². The van der Waals surface area contributed by atoms with Gasteiger partial charge in [-0.15, -0.1) is 0 Å². The fraction of sp³-hybridized carbons (Fsp3) is 0.462. The van der Waals surface area contributed by atoms with Crippen molar-refractivity contribution in [1.29, 1.82) is 0 Å². The quantitative estimate of drug-likeness (QED) is 0.815. The van der Waals surface area contributed by atoms with E-state index in [9.17, 15) is 0 Å². The van der Waals surface area contributed by atoms with Crippen molar-refractivity contribution in [3.8, 4) is 0 Å². The summed E-state index contributed by atoms with van der Waals surface area (Å²) < 4.78 is 0. The van der Waals surface area contributed by atoms with Crippen LogP contribution in [0.4, 0.5) is 5.69 Å². The summed E-state index contributed by atoms with van der Waals surface area (Å²) in [5, 5.41) is 0. The summed E-state index contributed by atoms with van der Waals surface area (Å²) in [4.78, 5) is 2.91. The summed E-state index contributed by atoms with van der Waals surface area (Å²) in [5.41, 5.74) is 7.82. The Morgan fingerprint density at radius 3 is 2.62 bits per heavy atom. The summed E-state index contributed by atoms with van der Waals surface area (Å²) in [6, 6.07) is 8.26. The number of benzene rings is 1. The zero-order chi connectivity index (χ0) is 11.5. The van der Waals surface area contributed by atoms with Crippen molar-refractivity contribution in [3.05, 3.63) is 29.8 Å². The number of hydrogen-bond acceptors (Lipinski definition) is 2. The normalized spacial score (nSPS) is 20.1. The van der Waals surface area contributed by atoms with Gasteiger partial charge in [-0.1, -0.05) is 25.6 Å². The molecule has 16 heavy (non-hydrogen) atoms. The van der Waals surface area contributed by atoms with Crippen LogP contribution in [0, 0.1) is 5.92 Å². The van der Waals surface area contributed by atoms with Gasteiger partial charge in [0.1, 0.15) is 4.99 Å². The van der Waals surface area contributed by atoms with E-state index in [1.165, 1.54) is 31.6 Å². The summed E-state index contributed by atoms with van der Waals surface area (Å²) in [7, 11) is 0. The lowest BCUT2D eigenvalue weighted by molar-refractivity contribution is 0.569. The molecule has 0 aromatic heterocycles. The second kappa shape index (κ2) is 4.83. The maximum atomic E-state index is 5.58. The fourth-order valence-electron chi connectivity index (χ4n) is 2.24. The van der Waals surface area contributed by atoms with Crippen LogP contribution in [0.3, 0.4) is 0 Å². The maximum Gasteiger partial charge on any atom is 0.103 e. The standard InChI is InChI=1S/C13H18N2S/c1-2-10-7-8-15(9-10)12-5-3-11(4-6-12)13(14)16/h3-6,10H,2,7-9H2,1H3,(H2,14,16). The topological polar surface area (TPSA) is 29.3 Å². The van der Waals surface area contributed by atoms with Gasteiger partial charge in [0.05, 0.1) is 0 Å². The van der Waals surface area contributed by atoms with E-state index in [-0.39, 0.29) is 0 Å². The molecule has 0 aliphatic carbocycles. The van der Waals surface area contributed by atoms with Crippen molar-refractivity contribution in [2.45, 2.75) is 19.8 Å². The van der Waals surface area contributed by atoms with E-state index in [0.717, 1.165) is 11.5 Å². The van der Waals surface area contributed by atoms with Gasteiger partial charge in [0.2, 0.25) is 0 Å². The summed E-state index contributed by atoms with van der Waals surface area (Å²) >= 11 is 4.94. The van der Waals surface area contributed by atoms with Gasteiger partial charge < -0.3 is 10.6 Å². The number of nitrogens with zero attached hydrogens (tertiary/aromatic N) is 1. The molecule has 3 heteroatoms. The summed E-state index contributed by atoms with van der Waals surface area (Å²) in [5.74, 6) is 0.857. The molecule has 1 fully saturated rings. The number of rotatable bonds is 3. The molecule has 1 aliphatic heterocycles. The summed E-state index contributed by atoms with van der Waals surface area (Å²) in [6.45, 7) is 4.62. The molecule has 1 aromatic carbocycles. The molecule has 2 rings (SSSR count). The SMILES string of the molecule is CCC1CCN(c2ccc(C(N)=S)cc2)C1. The second-order valence-corrected chi connectivity index (χ2v) is 4.86. The predicted molar refractivity (Wildman–Crippen MR) is 72.9 cm³/mol. The zero-order valence-corrected chi connectivity index (χ0v) is 10.5. The largest absolute Gasteiger partial charge is 0.389 e. The number of anilines is 1. The highest BCUT2D eigenvalue weighted by molar-refractivity contribution is 7.80. The van der Waals surface area contributed by atoms with E-state index < -0.39 is 0 Å². The molecule has 1 atom stereocenters. The first-order valence-electron chi connectivity index (χ1n) is 5.85. The van der Waals surface area contributed by atoms with E-state index in [4.69, 9.17) is 18.0 Å². The molecular formula is C13H18N2S. The van der Waals surface area contributed by atoms with Gasteiger partial charge in [0.25, 0.3) is 0 Å². The van der Waals surface area contributed by atoms with E-state index in [0.29, 0.717) is 4.99 Å². The molecule has 1 saturated heterocycles. The highest BCUT2D eigenvalue weighted by atomic mass is 32.1. The average molecular weight is 234 g/mol. The average Bonchev–Trinajstić information content (AvgIpc) is 2.77. The second-order valence-electron chi connectivity index (χ2n) is 4.42. The Morgan fingerprint density at radius 2 is 2.12 bits per heavy atom. The lowest BCUT2D eigenvalue weighted by Gasteiger charge is -2.18. The van der Waals surface area contributed by atoms with Crippen molar-refractivity contribution in [3.63, 3.8) is 0 Å². The molecule has 0 radical (unpaired) electrons. The third-order valence-electron chi connectivity index (χ3n) is 3.38. The lowest BCUT2D eigenvalue weighted by atomic mass is 10.1. The molecule has 1 aromatic rings. The molecule has 0 spiro atoms. The fourth-order valence-corrected chi connectivity index (χ4v) is 2.37. The minimum Gasteiger partial charge on any atom is -0.389 e. The van der Waals surface area contributed by atoms with Crippen LogP contribution in [-0.4, -0.2) is 18.1 Å². The molecule has 0 saturated carbocycles. The first-order chi connectivity index (χ1) is 7.70. The molecule has 2 N–H and O–H groups in total. The Bertz CT molecular complexity index is 372. The molecule has 0 amide bonds. The Hall–Kier alpha value is -1.09. The third kappa shape index (κ3) is 2.35. The van der Waals surface area contributed by atoms with Crippen LogP contribution >= 0.6 is 12.2 Å². The van der Waals surface area contributed by atoms with Gasteiger partial charge in [-0.25, -0.2) is 0 Å². The van der Waals surface area contributed by atoms with Crippen molar-refractivity contribution in [2.75, 3.05) is 18.0 Å². The molecule has 0 bridgehead atoms. The Labute approximate surface area is 102 Å². The first kappa shape index (κ1) is 11.4. The molecule has 1 aliphatic rings. The Morgan fingerprint density at radius 1 is 1.44 bits per heavy atom. The molecule has 1 unspecified atom stereocenters. The number of nitrogens with two attached hydrogens (primary N) is 1. The predicted octanol–water partition coefficient (Wildman–Crippen LogP) is 2.56. The van der Waals surface area contributed by atoms with Crippen LogP contribution < -0.4 is 10.6 Å². The van der Waals surface area contributed by atoms with E-state index in [1.807, 2.05) is 12.1 Å². The molecule has 86 valence electrons. The van der Waals surface area contributed by atoms with Crippen LogP contribution in [-0.2, 0) is 0 Å². The Balaban J connectivity index is 2.08. The van der Waals surface area contributed by atoms with Crippen molar-refractivity contribution >= 4 is 22.9 Å². The molecular weight excluding hydrogens is 216 g/mol. The van der Waals surface area contributed by atoms with Gasteiger partial charge in [-0.3, -0.25) is 0 Å². The molecule has 1 heterocycles. The van der Waals surface area contributed by atoms with Gasteiger partial charge in [-0.2, -0.15) is 0 Å². The Kier molecular flexibility index (Phi) is 3.44. The van der Waals surface area contributed by atoms with Crippen LogP contribution in [0.25, 0.3) is 0 Å². The highest BCUT2D eigenvalue weighted by Gasteiger charge is 2.20. The third-order valence-corrected chi connectivity index (χ3v) is 3.62. The van der Waals surface area contributed by atoms with Crippen molar-refractivity contribution in [1.82, 2.24) is 0 Å². The van der Waals surface area contributed by atoms with Gasteiger partial charge >= 0.3 is 0 Å². The van der Waals surface area contributed by atoms with Crippen LogP contribution in [0.2, 0.25) is 0 Å². The minimum absolute atomic E-state index is 0.472. The van der Waals surface area contributed by atoms with Crippen LogP contribution in [0.15, 0.2) is 24.3 Å². The van der Waals surface area contributed by atoms with Crippen molar-refractivity contribution < 1.29 is 0 Å². The van der Waals surface area contributed by atoms with Gasteiger partial charge in [0.15, 0.2) is 0 Å². The zero-order valence-electron chi connectivity index (χ0n) is 9.65. The van der Waals surface area contributed by atoms with Crippen LogP contribution in [0.5, 0.6) is 0 Å². The van der Waals surface area contributed by atoms with Gasteiger partial charge in [0, 0.05) is 24.3 Å². The minimum atomic E-state index is 0.472. The smallest absolute Gasteiger partial charge is 0.103 e. The lowest BCUT2D eigenvalue weighted by Crippen LogP contribution is -2.19. The van der Waals surface area contributed by atoms with E-state index in [1.54, 1.807) is 0 Å². The number of thiocarbonyl (C=S) groups is 1. The first-order valence-corrected chi connectivity index (χ1v) is 6.26. The highest BCUT2D eigenvalue weighted by Crippen LogP contribution is 2.25. The van der Waals surface area contributed by atoms with Gasteiger partial charge in [-0.05, 0) is 36.6 Å². The van der Waals surface area contributed by atoms with E-state index >= 15 is 0 Å².